The first kappa shape index (κ1) is 13.6. The van der Waals surface area contributed by atoms with E-state index in [1.165, 1.54) is 0 Å². The fourth-order valence-electron chi connectivity index (χ4n) is 2.78. The summed E-state index contributed by atoms with van der Waals surface area (Å²) in [4.78, 5) is 0. The fourth-order valence-corrected chi connectivity index (χ4v) is 2.78. The van der Waals surface area contributed by atoms with Gasteiger partial charge < -0.3 is 19.6 Å². The normalized spacial score (nSPS) is 24.4. The SMILES string of the molecule is Cc1c([C@H](C)NC[C@@]2(O)CCOC2)oc2ccccc12. The highest BCUT2D eigenvalue weighted by atomic mass is 16.5. The topological polar surface area (TPSA) is 54.6 Å². The van der Waals surface area contributed by atoms with Gasteiger partial charge >= 0.3 is 0 Å². The molecule has 2 N–H and O–H groups in total. The summed E-state index contributed by atoms with van der Waals surface area (Å²) in [6, 6.07) is 8.11. The van der Waals surface area contributed by atoms with Crippen LogP contribution in [0.15, 0.2) is 28.7 Å². The number of aliphatic hydroxyl groups is 1. The molecule has 0 aliphatic carbocycles. The lowest BCUT2D eigenvalue weighted by atomic mass is 10.0. The third-order valence-electron chi connectivity index (χ3n) is 4.09. The van der Waals surface area contributed by atoms with Crippen LogP contribution in [0.25, 0.3) is 11.0 Å². The van der Waals surface area contributed by atoms with E-state index >= 15 is 0 Å². The summed E-state index contributed by atoms with van der Waals surface area (Å²) in [5, 5.41) is 14.8. The first-order valence-electron chi connectivity index (χ1n) is 7.11. The summed E-state index contributed by atoms with van der Waals surface area (Å²) in [7, 11) is 0. The van der Waals surface area contributed by atoms with Gasteiger partial charge in [-0.25, -0.2) is 0 Å². The minimum Gasteiger partial charge on any atom is -0.459 e. The van der Waals surface area contributed by atoms with Crippen LogP contribution in [-0.4, -0.2) is 30.5 Å². The Balaban J connectivity index is 1.75. The molecule has 1 aliphatic heterocycles. The molecule has 0 radical (unpaired) electrons. The van der Waals surface area contributed by atoms with Gasteiger partial charge in [0, 0.05) is 25.0 Å². The summed E-state index contributed by atoms with van der Waals surface area (Å²) >= 11 is 0. The number of nitrogens with one attached hydrogen (secondary N) is 1. The van der Waals surface area contributed by atoms with Crippen molar-refractivity contribution in [3.63, 3.8) is 0 Å². The number of para-hydroxylation sites is 1. The third-order valence-corrected chi connectivity index (χ3v) is 4.09. The molecule has 0 amide bonds. The third kappa shape index (κ3) is 2.46. The molecule has 4 heteroatoms. The molecule has 1 aliphatic rings. The van der Waals surface area contributed by atoms with Crippen LogP contribution in [0.1, 0.15) is 30.7 Å². The number of fused-ring (bicyclic) bond motifs is 1. The Bertz CT molecular complexity index is 599. The van der Waals surface area contributed by atoms with Gasteiger partial charge in [0.1, 0.15) is 16.9 Å². The highest BCUT2D eigenvalue weighted by molar-refractivity contribution is 5.82. The average molecular weight is 275 g/mol. The van der Waals surface area contributed by atoms with E-state index in [2.05, 4.69) is 25.2 Å². The van der Waals surface area contributed by atoms with Crippen LogP contribution >= 0.6 is 0 Å². The summed E-state index contributed by atoms with van der Waals surface area (Å²) < 4.78 is 11.2. The lowest BCUT2D eigenvalue weighted by molar-refractivity contribution is 0.0247. The predicted octanol–water partition coefficient (Wildman–Crippen LogP) is 2.54. The van der Waals surface area contributed by atoms with E-state index in [-0.39, 0.29) is 6.04 Å². The van der Waals surface area contributed by atoms with E-state index < -0.39 is 5.60 Å². The van der Waals surface area contributed by atoms with Gasteiger partial charge in [-0.1, -0.05) is 18.2 Å². The van der Waals surface area contributed by atoms with Gasteiger partial charge in [0.25, 0.3) is 0 Å². The molecule has 1 aromatic heterocycles. The molecular weight excluding hydrogens is 254 g/mol. The van der Waals surface area contributed by atoms with Gasteiger partial charge in [0.15, 0.2) is 0 Å². The van der Waals surface area contributed by atoms with Crippen LogP contribution in [0.4, 0.5) is 0 Å². The van der Waals surface area contributed by atoms with Gasteiger partial charge in [0.2, 0.25) is 0 Å². The zero-order valence-corrected chi connectivity index (χ0v) is 12.0. The van der Waals surface area contributed by atoms with E-state index in [0.29, 0.717) is 26.2 Å². The zero-order valence-electron chi connectivity index (χ0n) is 12.0. The van der Waals surface area contributed by atoms with Gasteiger partial charge in [-0.2, -0.15) is 0 Å². The second kappa shape index (κ2) is 5.20. The van der Waals surface area contributed by atoms with Crippen molar-refractivity contribution in [2.24, 2.45) is 0 Å². The molecule has 0 bridgehead atoms. The van der Waals surface area contributed by atoms with Crippen molar-refractivity contribution in [1.29, 1.82) is 0 Å². The zero-order chi connectivity index (χ0) is 14.2. The minimum absolute atomic E-state index is 0.0621. The molecule has 0 spiro atoms. The minimum atomic E-state index is -0.742. The van der Waals surface area contributed by atoms with E-state index in [0.717, 1.165) is 22.3 Å². The molecule has 4 nitrogen and oxygen atoms in total. The Morgan fingerprint density at radius 3 is 2.90 bits per heavy atom. The molecule has 0 saturated carbocycles. The fraction of sp³-hybridized carbons (Fsp3) is 0.500. The summed E-state index contributed by atoms with van der Waals surface area (Å²) in [5.41, 5.74) is 1.33. The Kier molecular flexibility index (Phi) is 3.54. The average Bonchev–Trinajstić information content (AvgIpc) is 3.02. The summed E-state index contributed by atoms with van der Waals surface area (Å²) in [6.45, 7) is 5.70. The van der Waals surface area contributed by atoms with Gasteiger partial charge in [0.05, 0.1) is 12.6 Å². The number of aryl methyl sites for hydroxylation is 1. The standard InChI is InChI=1S/C16H21NO3/c1-11-13-5-3-4-6-14(13)20-15(11)12(2)17-9-16(18)7-8-19-10-16/h3-6,12,17-18H,7-10H2,1-2H3/t12-,16-/m0/s1. The Morgan fingerprint density at radius 2 is 2.20 bits per heavy atom. The Hall–Kier alpha value is -1.36. The molecule has 20 heavy (non-hydrogen) atoms. The molecule has 108 valence electrons. The van der Waals surface area contributed by atoms with Crippen molar-refractivity contribution < 1.29 is 14.3 Å². The van der Waals surface area contributed by atoms with Crippen LogP contribution in [0.2, 0.25) is 0 Å². The maximum Gasteiger partial charge on any atom is 0.134 e. The molecule has 2 heterocycles. The number of benzene rings is 1. The van der Waals surface area contributed by atoms with E-state index in [1.807, 2.05) is 18.2 Å². The Labute approximate surface area is 118 Å². The van der Waals surface area contributed by atoms with Crippen LogP contribution in [0, 0.1) is 6.92 Å². The highest BCUT2D eigenvalue weighted by Gasteiger charge is 2.32. The molecule has 1 aromatic carbocycles. The first-order chi connectivity index (χ1) is 9.59. The van der Waals surface area contributed by atoms with E-state index in [9.17, 15) is 5.11 Å². The molecule has 1 fully saturated rings. The van der Waals surface area contributed by atoms with Crippen molar-refractivity contribution in [2.75, 3.05) is 19.8 Å². The summed E-state index contributed by atoms with van der Waals surface area (Å²) in [6.07, 6.45) is 0.686. The van der Waals surface area contributed by atoms with Crippen molar-refractivity contribution in [3.8, 4) is 0 Å². The summed E-state index contributed by atoms with van der Waals surface area (Å²) in [5.74, 6) is 0.939. The second-order valence-corrected chi connectivity index (χ2v) is 5.72. The van der Waals surface area contributed by atoms with E-state index in [1.54, 1.807) is 0 Å². The van der Waals surface area contributed by atoms with Crippen LogP contribution < -0.4 is 5.32 Å². The van der Waals surface area contributed by atoms with Crippen molar-refractivity contribution in [1.82, 2.24) is 5.32 Å². The smallest absolute Gasteiger partial charge is 0.134 e. The molecule has 0 unspecified atom stereocenters. The predicted molar refractivity (Wildman–Crippen MR) is 77.8 cm³/mol. The van der Waals surface area contributed by atoms with E-state index in [4.69, 9.17) is 9.15 Å². The van der Waals surface area contributed by atoms with Gasteiger partial charge in [-0.3, -0.25) is 0 Å². The van der Waals surface area contributed by atoms with Gasteiger partial charge in [-0.05, 0) is 25.5 Å². The van der Waals surface area contributed by atoms with Crippen molar-refractivity contribution in [2.45, 2.75) is 31.9 Å². The number of furan rings is 1. The maximum atomic E-state index is 10.3. The van der Waals surface area contributed by atoms with Crippen LogP contribution in [-0.2, 0) is 4.74 Å². The first-order valence-corrected chi connectivity index (χ1v) is 7.11. The quantitative estimate of drug-likeness (QED) is 0.900. The number of ether oxygens (including phenoxy) is 1. The molecular formula is C16H21NO3. The highest BCUT2D eigenvalue weighted by Crippen LogP contribution is 2.29. The van der Waals surface area contributed by atoms with Crippen molar-refractivity contribution in [3.05, 3.63) is 35.6 Å². The second-order valence-electron chi connectivity index (χ2n) is 5.72. The number of hydrogen-bond acceptors (Lipinski definition) is 4. The molecule has 2 atom stereocenters. The number of rotatable bonds is 4. The van der Waals surface area contributed by atoms with Crippen LogP contribution in [0.5, 0.6) is 0 Å². The lowest BCUT2D eigenvalue weighted by Gasteiger charge is -2.23. The molecule has 2 aromatic rings. The molecule has 3 rings (SSSR count). The molecule has 1 saturated heterocycles. The monoisotopic (exact) mass is 275 g/mol. The maximum absolute atomic E-state index is 10.3. The lowest BCUT2D eigenvalue weighted by Crippen LogP contribution is -2.41. The van der Waals surface area contributed by atoms with Gasteiger partial charge in [-0.15, -0.1) is 0 Å². The Morgan fingerprint density at radius 1 is 1.40 bits per heavy atom. The number of hydrogen-bond donors (Lipinski definition) is 2. The largest absolute Gasteiger partial charge is 0.459 e. The van der Waals surface area contributed by atoms with Crippen molar-refractivity contribution >= 4 is 11.0 Å². The van der Waals surface area contributed by atoms with Crippen LogP contribution in [0.3, 0.4) is 0 Å².